The molecule has 176 valence electrons. The number of nitrogens with zero attached hydrogens (tertiary/aromatic N) is 3. The van der Waals surface area contributed by atoms with Gasteiger partial charge in [-0.15, -0.1) is 12.4 Å². The third-order valence-electron chi connectivity index (χ3n) is 8.01. The average molecular weight is 476 g/mol. The molecular weight excluding hydrogens is 438 g/mol. The van der Waals surface area contributed by atoms with Crippen LogP contribution in [0.1, 0.15) is 70.8 Å². The molecule has 1 amide bonds. The minimum atomic E-state index is 0. The van der Waals surface area contributed by atoms with E-state index >= 15 is 0 Å². The number of hydrogen-bond acceptors (Lipinski definition) is 3. The third-order valence-corrected chi connectivity index (χ3v) is 9.06. The topological polar surface area (TPSA) is 35.9 Å². The lowest BCUT2D eigenvalue weighted by Crippen LogP contribution is -2.52. The zero-order valence-corrected chi connectivity index (χ0v) is 21.4. The van der Waals surface area contributed by atoms with Gasteiger partial charge in [-0.1, -0.05) is 42.8 Å². The fourth-order valence-corrected chi connectivity index (χ4v) is 8.27. The molecule has 0 N–H and O–H groups in total. The number of aliphatic imine (C=N–C) groups is 1. The Morgan fingerprint density at radius 2 is 1.72 bits per heavy atom. The van der Waals surface area contributed by atoms with E-state index in [9.17, 15) is 4.79 Å². The minimum Gasteiger partial charge on any atom is -0.330 e. The molecule has 4 saturated carbocycles. The summed E-state index contributed by atoms with van der Waals surface area (Å²) in [4.78, 5) is 22.8. The molecule has 0 spiro atoms. The summed E-state index contributed by atoms with van der Waals surface area (Å²) in [6, 6.07) is 8.39. The standard InChI is InChI=1S/C26H37N3OS.ClH/c1-4-5-10-28-24(29(19(3)30)23-8-6-18(2)7-9-23)17-31-25(28)27-26-14-20-11-21(15-26)13-22(12-20)16-26;/h6-9,20-22,24H,4-5,10-17H2,1-3H3;1H. The van der Waals surface area contributed by atoms with Gasteiger partial charge in [0.15, 0.2) is 5.17 Å². The van der Waals surface area contributed by atoms with E-state index in [4.69, 9.17) is 4.99 Å². The van der Waals surface area contributed by atoms with Gasteiger partial charge in [-0.3, -0.25) is 14.7 Å². The first-order chi connectivity index (χ1) is 15.0. The molecule has 4 bridgehead atoms. The van der Waals surface area contributed by atoms with Gasteiger partial charge in [-0.2, -0.15) is 0 Å². The van der Waals surface area contributed by atoms with Gasteiger partial charge in [0, 0.05) is 24.9 Å². The Morgan fingerprint density at radius 1 is 1.12 bits per heavy atom. The lowest BCUT2D eigenvalue weighted by molar-refractivity contribution is -0.117. The summed E-state index contributed by atoms with van der Waals surface area (Å²) >= 11 is 1.88. The zero-order chi connectivity index (χ0) is 21.6. The Labute approximate surface area is 204 Å². The third kappa shape index (κ3) is 4.57. The highest BCUT2D eigenvalue weighted by Gasteiger charge is 2.52. The Kier molecular flexibility index (Phi) is 7.17. The van der Waals surface area contributed by atoms with Crippen molar-refractivity contribution in [3.8, 4) is 0 Å². The van der Waals surface area contributed by atoms with Crippen LogP contribution in [0.5, 0.6) is 0 Å². The van der Waals surface area contributed by atoms with Crippen LogP contribution in [0.15, 0.2) is 29.3 Å². The number of hydrogen-bond donors (Lipinski definition) is 0. The maximum absolute atomic E-state index is 12.8. The first-order valence-electron chi connectivity index (χ1n) is 12.3. The van der Waals surface area contributed by atoms with Gasteiger partial charge in [-0.25, -0.2) is 0 Å². The van der Waals surface area contributed by atoms with Gasteiger partial charge < -0.3 is 4.90 Å². The van der Waals surface area contributed by atoms with Gasteiger partial charge in [0.25, 0.3) is 0 Å². The maximum atomic E-state index is 12.8. The molecule has 5 aliphatic rings. The number of carbonyl (C=O) groups excluding carboxylic acids is 1. The number of benzene rings is 1. The number of carbonyl (C=O) groups is 1. The summed E-state index contributed by atoms with van der Waals surface area (Å²) in [5, 5.41) is 1.21. The quantitative estimate of drug-likeness (QED) is 0.486. The Balaban J connectivity index is 0.00000245. The molecule has 5 fully saturated rings. The first kappa shape index (κ1) is 23.9. The van der Waals surface area contributed by atoms with Crippen molar-refractivity contribution >= 4 is 40.9 Å². The maximum Gasteiger partial charge on any atom is 0.225 e. The molecule has 1 aliphatic heterocycles. The van der Waals surface area contributed by atoms with Crippen LogP contribution in [0.2, 0.25) is 0 Å². The summed E-state index contributed by atoms with van der Waals surface area (Å²) in [5.74, 6) is 3.74. The number of thioether (sulfide) groups is 1. The first-order valence-corrected chi connectivity index (χ1v) is 13.3. The summed E-state index contributed by atoms with van der Waals surface area (Å²) in [7, 11) is 0. The van der Waals surface area contributed by atoms with Crippen molar-refractivity contribution in [2.24, 2.45) is 22.7 Å². The number of halogens is 1. The van der Waals surface area contributed by atoms with Crippen LogP contribution in [0.3, 0.4) is 0 Å². The summed E-state index contributed by atoms with van der Waals surface area (Å²) in [6.45, 7) is 7.03. The number of amides is 1. The molecule has 4 nitrogen and oxygen atoms in total. The highest BCUT2D eigenvalue weighted by atomic mass is 35.5. The highest BCUT2D eigenvalue weighted by Crippen LogP contribution is 2.57. The predicted molar refractivity (Wildman–Crippen MR) is 138 cm³/mol. The lowest BCUT2D eigenvalue weighted by atomic mass is 9.53. The number of aryl methyl sites for hydroxylation is 1. The molecule has 4 aliphatic carbocycles. The molecule has 1 unspecified atom stereocenters. The molecule has 6 rings (SSSR count). The van der Waals surface area contributed by atoms with E-state index in [-0.39, 0.29) is 30.0 Å². The van der Waals surface area contributed by atoms with E-state index in [0.717, 1.165) is 48.6 Å². The second kappa shape index (κ2) is 9.58. The van der Waals surface area contributed by atoms with E-state index in [1.54, 1.807) is 6.92 Å². The van der Waals surface area contributed by atoms with E-state index in [1.165, 1.54) is 49.3 Å². The fraction of sp³-hybridized carbons (Fsp3) is 0.692. The van der Waals surface area contributed by atoms with E-state index < -0.39 is 0 Å². The number of amidine groups is 1. The second-order valence-corrected chi connectivity index (χ2v) is 11.6. The highest BCUT2D eigenvalue weighted by molar-refractivity contribution is 8.14. The van der Waals surface area contributed by atoms with Crippen LogP contribution in [-0.2, 0) is 4.79 Å². The molecule has 0 radical (unpaired) electrons. The van der Waals surface area contributed by atoms with Gasteiger partial charge in [0.05, 0.1) is 5.54 Å². The summed E-state index contributed by atoms with van der Waals surface area (Å²) in [6.07, 6.45) is 10.6. The van der Waals surface area contributed by atoms with Gasteiger partial charge >= 0.3 is 0 Å². The molecule has 1 saturated heterocycles. The van der Waals surface area contributed by atoms with Crippen LogP contribution in [0.4, 0.5) is 5.69 Å². The van der Waals surface area contributed by atoms with Crippen molar-refractivity contribution in [1.29, 1.82) is 0 Å². The van der Waals surface area contributed by atoms with Crippen LogP contribution >= 0.6 is 24.2 Å². The van der Waals surface area contributed by atoms with Crippen LogP contribution < -0.4 is 4.90 Å². The second-order valence-electron chi connectivity index (χ2n) is 10.6. The smallest absolute Gasteiger partial charge is 0.225 e. The van der Waals surface area contributed by atoms with Crippen molar-refractivity contribution in [1.82, 2.24) is 4.90 Å². The zero-order valence-electron chi connectivity index (χ0n) is 19.8. The monoisotopic (exact) mass is 475 g/mol. The number of rotatable bonds is 6. The molecule has 1 atom stereocenters. The molecule has 32 heavy (non-hydrogen) atoms. The Bertz CT molecular complexity index is 820. The molecule has 1 aromatic carbocycles. The number of anilines is 1. The van der Waals surface area contributed by atoms with Gasteiger partial charge in [0.1, 0.15) is 6.17 Å². The SMILES string of the molecule is CCCCN1C(=NC23CC4CC(CC(C4)C2)C3)SCC1N(C(C)=O)c1ccc(C)cc1.Cl. The van der Waals surface area contributed by atoms with Crippen molar-refractivity contribution in [2.75, 3.05) is 17.2 Å². The molecule has 1 aromatic rings. The Morgan fingerprint density at radius 3 is 2.25 bits per heavy atom. The summed E-state index contributed by atoms with van der Waals surface area (Å²) in [5.41, 5.74) is 2.41. The van der Waals surface area contributed by atoms with Gasteiger partial charge in [-0.05, 0) is 81.8 Å². The predicted octanol–water partition coefficient (Wildman–Crippen LogP) is 6.27. The van der Waals surface area contributed by atoms with Crippen molar-refractivity contribution in [3.63, 3.8) is 0 Å². The van der Waals surface area contributed by atoms with Gasteiger partial charge in [0.2, 0.25) is 5.91 Å². The molecule has 0 aromatic heterocycles. The lowest BCUT2D eigenvalue weighted by Gasteiger charge is -2.55. The average Bonchev–Trinajstić information content (AvgIpc) is 3.08. The number of unbranched alkanes of at least 4 members (excludes halogenated alkanes) is 1. The van der Waals surface area contributed by atoms with Crippen LogP contribution in [0.25, 0.3) is 0 Å². The van der Waals surface area contributed by atoms with E-state index in [1.807, 2.05) is 16.7 Å². The molecule has 6 heteroatoms. The Hall–Kier alpha value is -1.20. The normalized spacial score (nSPS) is 34.1. The minimum absolute atomic E-state index is 0. The molecule has 1 heterocycles. The van der Waals surface area contributed by atoms with Crippen LogP contribution in [-0.4, -0.2) is 40.0 Å². The fourth-order valence-electron chi connectivity index (χ4n) is 7.01. The molecular formula is C26H38ClN3OS. The van der Waals surface area contributed by atoms with E-state index in [0.29, 0.717) is 0 Å². The van der Waals surface area contributed by atoms with Crippen LogP contribution in [0, 0.1) is 24.7 Å². The van der Waals surface area contributed by atoms with Crippen molar-refractivity contribution < 1.29 is 4.79 Å². The summed E-state index contributed by atoms with van der Waals surface area (Å²) < 4.78 is 0. The van der Waals surface area contributed by atoms with Crippen molar-refractivity contribution in [3.05, 3.63) is 29.8 Å². The van der Waals surface area contributed by atoms with Crippen molar-refractivity contribution in [2.45, 2.75) is 83.8 Å². The largest absolute Gasteiger partial charge is 0.330 e. The van der Waals surface area contributed by atoms with E-state index in [2.05, 4.69) is 43.0 Å².